The number of hydrogen-bond acceptors (Lipinski definition) is 2. The van der Waals surface area contributed by atoms with Gasteiger partial charge in [-0.2, -0.15) is 5.26 Å². The summed E-state index contributed by atoms with van der Waals surface area (Å²) in [6, 6.07) is 12.8. The van der Waals surface area contributed by atoms with E-state index in [-0.39, 0.29) is 11.9 Å². The van der Waals surface area contributed by atoms with Gasteiger partial charge in [0.05, 0.1) is 6.07 Å². The van der Waals surface area contributed by atoms with E-state index in [1.54, 1.807) is 11.9 Å². The Morgan fingerprint density at radius 3 is 2.55 bits per heavy atom. The molecule has 1 aliphatic rings. The molecule has 1 saturated carbocycles. The standard InChI is InChI=1S/C18H25N3O/c1-15(16-9-5-3-6-10-16)20-13-17(22)21(2)18(14-19)11-7-4-8-12-18/h3,5-6,9-10,15,20H,4,7-8,11-13H2,1-2H3/p+1/t15-/m0/s1. The molecule has 1 aromatic carbocycles. The Morgan fingerprint density at radius 2 is 1.95 bits per heavy atom. The first kappa shape index (κ1) is 16.5. The molecule has 0 saturated heterocycles. The Labute approximate surface area is 133 Å². The lowest BCUT2D eigenvalue weighted by Crippen LogP contribution is -2.87. The highest BCUT2D eigenvalue weighted by atomic mass is 16.2. The van der Waals surface area contributed by atoms with Crippen LogP contribution in [0.4, 0.5) is 0 Å². The minimum atomic E-state index is -0.584. The van der Waals surface area contributed by atoms with Gasteiger partial charge < -0.3 is 10.2 Å². The maximum absolute atomic E-state index is 12.5. The van der Waals surface area contributed by atoms with Crippen molar-refractivity contribution in [3.63, 3.8) is 0 Å². The van der Waals surface area contributed by atoms with Crippen molar-refractivity contribution in [1.82, 2.24) is 4.90 Å². The average molecular weight is 300 g/mol. The maximum atomic E-state index is 12.5. The summed E-state index contributed by atoms with van der Waals surface area (Å²) in [5.74, 6) is 0.0474. The molecule has 0 bridgehead atoms. The number of nitrogens with zero attached hydrogens (tertiary/aromatic N) is 2. The number of nitriles is 1. The van der Waals surface area contributed by atoms with E-state index in [4.69, 9.17) is 0 Å². The first-order valence-corrected chi connectivity index (χ1v) is 8.15. The third-order valence-corrected chi connectivity index (χ3v) is 4.88. The van der Waals surface area contributed by atoms with Gasteiger partial charge in [-0.1, -0.05) is 49.6 Å². The molecule has 1 atom stereocenters. The van der Waals surface area contributed by atoms with E-state index in [0.717, 1.165) is 25.7 Å². The Bertz CT molecular complexity index is 529. The monoisotopic (exact) mass is 300 g/mol. The molecule has 22 heavy (non-hydrogen) atoms. The summed E-state index contributed by atoms with van der Waals surface area (Å²) in [6.07, 6.45) is 4.85. The van der Waals surface area contributed by atoms with E-state index >= 15 is 0 Å². The Balaban J connectivity index is 1.92. The molecule has 2 rings (SSSR count). The van der Waals surface area contributed by atoms with Crippen LogP contribution in [0.2, 0.25) is 0 Å². The Kier molecular flexibility index (Phi) is 5.57. The van der Waals surface area contributed by atoms with Crippen LogP contribution in [0.1, 0.15) is 50.6 Å². The first-order chi connectivity index (χ1) is 10.6. The fourth-order valence-corrected chi connectivity index (χ4v) is 3.20. The first-order valence-electron chi connectivity index (χ1n) is 8.15. The molecule has 0 radical (unpaired) electrons. The summed E-state index contributed by atoms with van der Waals surface area (Å²) >= 11 is 0. The number of carbonyl (C=O) groups is 1. The SMILES string of the molecule is C[C@H]([NH2+]CC(=O)N(C)C1(C#N)CCCCC1)c1ccccc1. The molecule has 0 unspecified atom stereocenters. The summed E-state index contributed by atoms with van der Waals surface area (Å²) in [5.41, 5.74) is 0.629. The van der Waals surface area contributed by atoms with E-state index in [1.165, 1.54) is 12.0 Å². The Hall–Kier alpha value is -1.86. The fraction of sp³-hybridized carbons (Fsp3) is 0.556. The lowest BCUT2D eigenvalue weighted by atomic mass is 9.81. The lowest BCUT2D eigenvalue weighted by Gasteiger charge is -2.38. The molecular formula is C18H26N3O+. The topological polar surface area (TPSA) is 60.7 Å². The van der Waals surface area contributed by atoms with Gasteiger partial charge in [-0.15, -0.1) is 0 Å². The molecule has 1 amide bonds. The molecule has 1 fully saturated rings. The van der Waals surface area contributed by atoms with Gasteiger partial charge in [-0.05, 0) is 19.8 Å². The number of nitrogens with two attached hydrogens (primary N) is 1. The highest BCUT2D eigenvalue weighted by molar-refractivity contribution is 5.78. The highest BCUT2D eigenvalue weighted by Gasteiger charge is 2.39. The highest BCUT2D eigenvalue weighted by Crippen LogP contribution is 2.32. The van der Waals surface area contributed by atoms with Crippen LogP contribution < -0.4 is 5.32 Å². The van der Waals surface area contributed by atoms with Crippen LogP contribution in [-0.2, 0) is 4.79 Å². The van der Waals surface area contributed by atoms with Crippen LogP contribution in [0.5, 0.6) is 0 Å². The minimum absolute atomic E-state index is 0.0474. The van der Waals surface area contributed by atoms with E-state index in [2.05, 4.69) is 25.1 Å². The summed E-state index contributed by atoms with van der Waals surface area (Å²) in [5, 5.41) is 11.6. The Morgan fingerprint density at radius 1 is 1.32 bits per heavy atom. The molecule has 1 aliphatic carbocycles. The quantitative estimate of drug-likeness (QED) is 0.904. The maximum Gasteiger partial charge on any atom is 0.278 e. The molecule has 1 aromatic rings. The molecule has 2 N–H and O–H groups in total. The number of benzene rings is 1. The van der Waals surface area contributed by atoms with Crippen molar-refractivity contribution in [2.75, 3.05) is 13.6 Å². The molecule has 0 spiro atoms. The zero-order chi connectivity index (χ0) is 16.0. The van der Waals surface area contributed by atoms with Gasteiger partial charge in [-0.3, -0.25) is 4.79 Å². The van der Waals surface area contributed by atoms with E-state index in [9.17, 15) is 10.1 Å². The van der Waals surface area contributed by atoms with Gasteiger partial charge in [0.2, 0.25) is 0 Å². The van der Waals surface area contributed by atoms with Crippen molar-refractivity contribution in [2.45, 2.75) is 50.6 Å². The minimum Gasteiger partial charge on any atom is -0.333 e. The second-order valence-electron chi connectivity index (χ2n) is 6.30. The third-order valence-electron chi connectivity index (χ3n) is 4.88. The largest absolute Gasteiger partial charge is 0.333 e. The number of rotatable bonds is 5. The fourth-order valence-electron chi connectivity index (χ4n) is 3.20. The van der Waals surface area contributed by atoms with E-state index in [0.29, 0.717) is 6.54 Å². The molecule has 0 aromatic heterocycles. The zero-order valence-electron chi connectivity index (χ0n) is 13.6. The predicted octanol–water partition coefficient (Wildman–Crippen LogP) is 2.00. The summed E-state index contributed by atoms with van der Waals surface area (Å²) in [6.45, 7) is 2.49. The zero-order valence-corrected chi connectivity index (χ0v) is 13.6. The number of likely N-dealkylation sites (N-methyl/N-ethyl adjacent to an activating group) is 1. The average Bonchev–Trinajstić information content (AvgIpc) is 2.60. The van der Waals surface area contributed by atoms with Gasteiger partial charge >= 0.3 is 0 Å². The van der Waals surface area contributed by atoms with Gasteiger partial charge in [0.1, 0.15) is 11.6 Å². The van der Waals surface area contributed by atoms with Crippen molar-refractivity contribution in [2.24, 2.45) is 0 Å². The summed E-state index contributed by atoms with van der Waals surface area (Å²) in [7, 11) is 1.79. The molecule has 4 nitrogen and oxygen atoms in total. The van der Waals surface area contributed by atoms with Gasteiger partial charge in [0, 0.05) is 12.6 Å². The van der Waals surface area contributed by atoms with Crippen LogP contribution in [0, 0.1) is 11.3 Å². The normalized spacial score (nSPS) is 18.2. The molecule has 4 heteroatoms. The van der Waals surface area contributed by atoms with Crippen LogP contribution in [0.25, 0.3) is 0 Å². The predicted molar refractivity (Wildman–Crippen MR) is 85.8 cm³/mol. The molecule has 118 valence electrons. The van der Waals surface area contributed by atoms with Crippen molar-refractivity contribution in [1.29, 1.82) is 5.26 Å². The number of hydrogen-bond donors (Lipinski definition) is 1. The molecular weight excluding hydrogens is 274 g/mol. The van der Waals surface area contributed by atoms with E-state index < -0.39 is 5.54 Å². The number of carbonyl (C=O) groups excluding carboxylic acids is 1. The van der Waals surface area contributed by atoms with Crippen LogP contribution in [0.15, 0.2) is 30.3 Å². The smallest absolute Gasteiger partial charge is 0.278 e. The lowest BCUT2D eigenvalue weighted by molar-refractivity contribution is -0.683. The van der Waals surface area contributed by atoms with Gasteiger partial charge in [0.25, 0.3) is 5.91 Å². The second kappa shape index (κ2) is 7.42. The van der Waals surface area contributed by atoms with Crippen molar-refractivity contribution in [3.05, 3.63) is 35.9 Å². The molecule has 0 heterocycles. The summed E-state index contributed by atoms with van der Waals surface area (Å²) in [4.78, 5) is 14.2. The number of amides is 1. The van der Waals surface area contributed by atoms with Crippen LogP contribution >= 0.6 is 0 Å². The second-order valence-corrected chi connectivity index (χ2v) is 6.30. The van der Waals surface area contributed by atoms with Crippen LogP contribution in [-0.4, -0.2) is 29.9 Å². The van der Waals surface area contributed by atoms with Crippen LogP contribution in [0.3, 0.4) is 0 Å². The molecule has 0 aliphatic heterocycles. The third kappa shape index (κ3) is 3.66. The van der Waals surface area contributed by atoms with Gasteiger partial charge in [0.15, 0.2) is 6.54 Å². The van der Waals surface area contributed by atoms with Crippen molar-refractivity contribution >= 4 is 5.91 Å². The van der Waals surface area contributed by atoms with Crippen molar-refractivity contribution < 1.29 is 10.1 Å². The van der Waals surface area contributed by atoms with Crippen molar-refractivity contribution in [3.8, 4) is 6.07 Å². The number of quaternary nitrogens is 1. The van der Waals surface area contributed by atoms with E-state index in [1.807, 2.05) is 23.5 Å². The summed E-state index contributed by atoms with van der Waals surface area (Å²) < 4.78 is 0. The van der Waals surface area contributed by atoms with Gasteiger partial charge in [-0.25, -0.2) is 0 Å².